The molecule has 3 N–H and O–H groups in total. The maximum Gasteiger partial charge on any atom is 0.327 e. The zero-order valence-corrected chi connectivity index (χ0v) is 13.4. The monoisotopic (exact) mass is 345 g/mol. The van der Waals surface area contributed by atoms with Crippen molar-refractivity contribution in [3.05, 3.63) is 74.3 Å². The average Bonchev–Trinajstić information content (AvgIpc) is 2.53. The van der Waals surface area contributed by atoms with E-state index in [-0.39, 0.29) is 29.2 Å². The third-order valence-corrected chi connectivity index (χ3v) is 4.07. The van der Waals surface area contributed by atoms with Crippen LogP contribution in [0.1, 0.15) is 24.0 Å². The summed E-state index contributed by atoms with van der Waals surface area (Å²) in [7, 11) is 0. The van der Waals surface area contributed by atoms with Crippen LogP contribution in [0.2, 0.25) is 0 Å². The molecule has 1 aromatic carbocycles. The summed E-state index contributed by atoms with van der Waals surface area (Å²) in [5.74, 6) is -3.12. The molecule has 0 unspecified atom stereocenters. The van der Waals surface area contributed by atoms with Crippen LogP contribution in [0, 0.1) is 11.7 Å². The van der Waals surface area contributed by atoms with Gasteiger partial charge < -0.3 is 10.1 Å². The van der Waals surface area contributed by atoms with E-state index in [2.05, 4.69) is 21.9 Å². The maximum atomic E-state index is 14.4. The van der Waals surface area contributed by atoms with Gasteiger partial charge in [0.25, 0.3) is 5.56 Å². The van der Waals surface area contributed by atoms with Gasteiger partial charge in [-0.25, -0.2) is 9.18 Å². The van der Waals surface area contributed by atoms with Crippen molar-refractivity contribution in [3.63, 3.8) is 0 Å². The molecule has 2 heterocycles. The second-order valence-electron chi connectivity index (χ2n) is 5.58. The van der Waals surface area contributed by atoms with E-state index in [1.54, 1.807) is 13.0 Å². The van der Waals surface area contributed by atoms with Gasteiger partial charge >= 0.3 is 11.7 Å². The van der Waals surface area contributed by atoms with E-state index in [4.69, 9.17) is 4.74 Å². The minimum atomic E-state index is -1.02. The van der Waals surface area contributed by atoms with Crippen molar-refractivity contribution >= 4 is 11.8 Å². The zero-order chi connectivity index (χ0) is 18.1. The molecule has 1 aliphatic heterocycles. The molecular weight excluding hydrogens is 329 g/mol. The highest BCUT2D eigenvalue weighted by Gasteiger charge is 2.42. The summed E-state index contributed by atoms with van der Waals surface area (Å²) in [6.45, 7) is 5.57. The molecule has 0 amide bonds. The van der Waals surface area contributed by atoms with Crippen LogP contribution < -0.4 is 16.6 Å². The van der Waals surface area contributed by atoms with Crippen LogP contribution in [-0.2, 0) is 9.53 Å². The summed E-state index contributed by atoms with van der Waals surface area (Å²) in [4.78, 5) is 41.0. The Balaban J connectivity index is 2.29. The van der Waals surface area contributed by atoms with Gasteiger partial charge in [-0.05, 0) is 18.6 Å². The van der Waals surface area contributed by atoms with Crippen LogP contribution in [-0.4, -0.2) is 22.5 Å². The number of carbonyl (C=O) groups is 1. The van der Waals surface area contributed by atoms with Crippen LogP contribution in [0.15, 0.2) is 46.1 Å². The summed E-state index contributed by atoms with van der Waals surface area (Å²) in [6, 6.07) is 5.83. The molecule has 25 heavy (non-hydrogen) atoms. The van der Waals surface area contributed by atoms with Gasteiger partial charge in [-0.15, -0.1) is 0 Å². The third kappa shape index (κ3) is 2.86. The highest BCUT2D eigenvalue weighted by molar-refractivity contribution is 5.81. The van der Waals surface area contributed by atoms with Gasteiger partial charge in [-0.2, -0.15) is 0 Å². The molecule has 2 atom stereocenters. The Hall–Kier alpha value is -3.16. The van der Waals surface area contributed by atoms with E-state index in [0.29, 0.717) is 0 Å². The normalized spacial score (nSPS) is 19.0. The molecule has 130 valence electrons. The van der Waals surface area contributed by atoms with Crippen LogP contribution in [0.25, 0.3) is 0 Å². The molecular formula is C17H16FN3O4. The second-order valence-corrected chi connectivity index (χ2v) is 5.58. The van der Waals surface area contributed by atoms with Gasteiger partial charge in [-0.1, -0.05) is 24.8 Å². The van der Waals surface area contributed by atoms with Gasteiger partial charge in [0, 0.05) is 11.6 Å². The number of aromatic nitrogens is 2. The molecule has 0 aliphatic carbocycles. The SMILES string of the molecule is C=C1Nc2[nH]c(=O)[nH]c(=O)c2[C@H](c2ccccc2F)[C@H]1C(=O)OCC. The number of esters is 1. The fourth-order valence-corrected chi connectivity index (χ4v) is 3.07. The van der Waals surface area contributed by atoms with Gasteiger partial charge in [0.05, 0.1) is 12.2 Å². The Morgan fingerprint density at radius 1 is 1.28 bits per heavy atom. The fourth-order valence-electron chi connectivity index (χ4n) is 3.07. The van der Waals surface area contributed by atoms with Crippen molar-refractivity contribution in [2.45, 2.75) is 12.8 Å². The minimum absolute atomic E-state index is 0.0511. The van der Waals surface area contributed by atoms with Crippen LogP contribution in [0.4, 0.5) is 10.2 Å². The van der Waals surface area contributed by atoms with Crippen LogP contribution in [0.3, 0.4) is 0 Å². The smallest absolute Gasteiger partial charge is 0.327 e. The lowest BCUT2D eigenvalue weighted by molar-refractivity contribution is -0.147. The predicted molar refractivity (Wildman–Crippen MR) is 88.8 cm³/mol. The van der Waals surface area contributed by atoms with Crippen molar-refractivity contribution in [2.75, 3.05) is 11.9 Å². The van der Waals surface area contributed by atoms with Crippen LogP contribution in [0.5, 0.6) is 0 Å². The lowest BCUT2D eigenvalue weighted by atomic mass is 9.77. The van der Waals surface area contributed by atoms with Crippen molar-refractivity contribution < 1.29 is 13.9 Å². The average molecular weight is 345 g/mol. The highest BCUT2D eigenvalue weighted by atomic mass is 19.1. The Morgan fingerprint density at radius 3 is 2.68 bits per heavy atom. The molecule has 0 bridgehead atoms. The summed E-state index contributed by atoms with van der Waals surface area (Å²) in [5, 5.41) is 2.76. The number of rotatable bonds is 3. The molecule has 0 spiro atoms. The number of anilines is 1. The molecule has 7 nitrogen and oxygen atoms in total. The molecule has 2 aromatic rings. The van der Waals surface area contributed by atoms with Crippen molar-refractivity contribution in [3.8, 4) is 0 Å². The van der Waals surface area contributed by atoms with E-state index < -0.39 is 34.9 Å². The predicted octanol–water partition coefficient (Wildman–Crippen LogP) is 1.45. The second kappa shape index (κ2) is 6.39. The van der Waals surface area contributed by atoms with Gasteiger partial charge in [0.2, 0.25) is 0 Å². The summed E-state index contributed by atoms with van der Waals surface area (Å²) in [6.07, 6.45) is 0. The quantitative estimate of drug-likeness (QED) is 0.731. The number of ether oxygens (including phenoxy) is 1. The topological polar surface area (TPSA) is 104 Å². The number of H-pyrrole nitrogens is 2. The number of fused-ring (bicyclic) bond motifs is 1. The first-order valence-electron chi connectivity index (χ1n) is 7.67. The van der Waals surface area contributed by atoms with Crippen molar-refractivity contribution in [2.24, 2.45) is 5.92 Å². The first-order valence-corrected chi connectivity index (χ1v) is 7.67. The molecule has 1 aliphatic rings. The molecule has 8 heteroatoms. The Kier molecular flexibility index (Phi) is 4.26. The lowest BCUT2D eigenvalue weighted by Crippen LogP contribution is -2.40. The molecule has 0 saturated carbocycles. The first kappa shape index (κ1) is 16.7. The van der Waals surface area contributed by atoms with Crippen molar-refractivity contribution in [1.82, 2.24) is 9.97 Å². The Labute approximate surface area is 141 Å². The summed E-state index contributed by atoms with van der Waals surface area (Å²) < 4.78 is 19.5. The largest absolute Gasteiger partial charge is 0.465 e. The summed E-state index contributed by atoms with van der Waals surface area (Å²) >= 11 is 0. The number of aromatic amines is 2. The molecule has 0 saturated heterocycles. The lowest BCUT2D eigenvalue weighted by Gasteiger charge is -2.33. The number of benzene rings is 1. The summed E-state index contributed by atoms with van der Waals surface area (Å²) in [5.41, 5.74) is -1.02. The fraction of sp³-hybridized carbons (Fsp3) is 0.235. The Bertz CT molecular complexity index is 963. The minimum Gasteiger partial charge on any atom is -0.465 e. The highest BCUT2D eigenvalue weighted by Crippen LogP contribution is 2.42. The number of hydrogen-bond donors (Lipinski definition) is 3. The first-order chi connectivity index (χ1) is 11.9. The van der Waals surface area contributed by atoms with Crippen LogP contribution >= 0.6 is 0 Å². The van der Waals surface area contributed by atoms with Gasteiger partial charge in [0.1, 0.15) is 17.6 Å². The molecule has 0 radical (unpaired) electrons. The van der Waals surface area contributed by atoms with Crippen molar-refractivity contribution in [1.29, 1.82) is 0 Å². The van der Waals surface area contributed by atoms with E-state index in [0.717, 1.165) is 0 Å². The third-order valence-electron chi connectivity index (χ3n) is 4.07. The molecule has 0 fully saturated rings. The van der Waals surface area contributed by atoms with Gasteiger partial charge in [0.15, 0.2) is 0 Å². The maximum absolute atomic E-state index is 14.4. The van der Waals surface area contributed by atoms with E-state index in [9.17, 15) is 18.8 Å². The Morgan fingerprint density at radius 2 is 2.00 bits per heavy atom. The number of carbonyl (C=O) groups excluding carboxylic acids is 1. The van der Waals surface area contributed by atoms with Gasteiger partial charge in [-0.3, -0.25) is 19.6 Å². The van der Waals surface area contributed by atoms with E-state index in [1.165, 1.54) is 18.2 Å². The standard InChI is InChI=1S/C17H16FN3O4/c1-3-25-16(23)11-8(2)19-14-13(15(22)21-17(24)20-14)12(11)9-6-4-5-7-10(9)18/h4-7,11-12H,2-3H2,1H3,(H3,19,20,21,22,24)/t11-,12+/m0/s1. The number of halogens is 1. The van der Waals surface area contributed by atoms with E-state index in [1.807, 2.05) is 0 Å². The van der Waals surface area contributed by atoms with E-state index >= 15 is 0 Å². The molecule has 3 rings (SSSR count). The number of hydrogen-bond acceptors (Lipinski definition) is 5. The zero-order valence-electron chi connectivity index (χ0n) is 13.4. The molecule has 1 aromatic heterocycles. The number of nitrogens with one attached hydrogen (secondary N) is 3.